The monoisotopic (exact) mass is 481 g/mol. The van der Waals surface area contributed by atoms with E-state index in [1.165, 1.54) is 23.7 Å². The highest BCUT2D eigenvalue weighted by atomic mass is 19.1. The van der Waals surface area contributed by atoms with Crippen molar-refractivity contribution in [3.8, 4) is 22.7 Å². The van der Waals surface area contributed by atoms with Crippen molar-refractivity contribution in [2.45, 2.75) is 20.0 Å². The Balaban J connectivity index is 1.87. The summed E-state index contributed by atoms with van der Waals surface area (Å²) in [7, 11) is 3.14. The van der Waals surface area contributed by atoms with Gasteiger partial charge in [-0.05, 0) is 49.2 Å². The van der Waals surface area contributed by atoms with E-state index in [0.29, 0.717) is 33.6 Å². The molecule has 7 heteroatoms. The number of fused-ring (bicyclic) bond motifs is 5. The quantitative estimate of drug-likeness (QED) is 0.359. The van der Waals surface area contributed by atoms with Crippen LogP contribution in [0.5, 0.6) is 5.75 Å². The van der Waals surface area contributed by atoms with E-state index in [-0.39, 0.29) is 0 Å². The normalized spacial score (nSPS) is 14.4. The zero-order valence-electron chi connectivity index (χ0n) is 20.4. The Morgan fingerprint density at radius 2 is 1.58 bits per heavy atom. The van der Waals surface area contributed by atoms with Crippen LogP contribution in [0.3, 0.4) is 0 Å². The van der Waals surface area contributed by atoms with E-state index in [4.69, 9.17) is 4.74 Å². The van der Waals surface area contributed by atoms with E-state index < -0.39 is 23.2 Å². The van der Waals surface area contributed by atoms with Gasteiger partial charge in [-0.25, -0.2) is 9.18 Å². The summed E-state index contributed by atoms with van der Waals surface area (Å²) in [5.74, 6) is 0.217. The number of nitrogens with zero attached hydrogens (tertiary/aromatic N) is 3. The number of ether oxygens (including phenoxy) is 1. The molecule has 1 aliphatic heterocycles. The molecule has 0 unspecified atom stereocenters. The summed E-state index contributed by atoms with van der Waals surface area (Å²) in [6, 6.07) is 20.0. The van der Waals surface area contributed by atoms with Gasteiger partial charge in [-0.1, -0.05) is 48.0 Å². The Labute approximate surface area is 206 Å². The topological polar surface area (TPSA) is 58.2 Å². The molecular formula is C29H24FN3O3. The van der Waals surface area contributed by atoms with E-state index in [9.17, 15) is 14.0 Å². The maximum absolute atomic E-state index is 14.4. The Morgan fingerprint density at radius 3 is 2.31 bits per heavy atom. The maximum atomic E-state index is 14.4. The molecule has 6 rings (SSSR count). The van der Waals surface area contributed by atoms with E-state index in [1.54, 1.807) is 19.2 Å². The maximum Gasteiger partial charge on any atom is 0.331 e. The van der Waals surface area contributed by atoms with Gasteiger partial charge in [0.25, 0.3) is 5.56 Å². The number of halogens is 1. The number of benzene rings is 3. The second kappa shape index (κ2) is 7.81. The number of hydrogen-bond donors (Lipinski definition) is 0. The van der Waals surface area contributed by atoms with Crippen molar-refractivity contribution in [2.75, 3.05) is 0 Å². The fourth-order valence-corrected chi connectivity index (χ4v) is 5.15. The van der Waals surface area contributed by atoms with Crippen molar-refractivity contribution in [2.24, 2.45) is 14.1 Å². The van der Waals surface area contributed by atoms with Gasteiger partial charge in [0.05, 0.1) is 28.0 Å². The predicted octanol–water partition coefficient (Wildman–Crippen LogP) is 4.93. The van der Waals surface area contributed by atoms with E-state index in [2.05, 4.69) is 0 Å². The molecule has 3 aromatic carbocycles. The van der Waals surface area contributed by atoms with Crippen molar-refractivity contribution >= 4 is 10.9 Å². The minimum atomic E-state index is -0.740. The second-order valence-corrected chi connectivity index (χ2v) is 9.39. The van der Waals surface area contributed by atoms with Crippen molar-refractivity contribution < 1.29 is 9.13 Å². The van der Waals surface area contributed by atoms with Crippen LogP contribution in [-0.4, -0.2) is 13.7 Å². The van der Waals surface area contributed by atoms with Crippen LogP contribution >= 0.6 is 0 Å². The fraction of sp³-hybridized carbons (Fsp3) is 0.172. The smallest absolute Gasteiger partial charge is 0.331 e. The van der Waals surface area contributed by atoms with Crippen LogP contribution in [0.15, 0.2) is 76.3 Å². The minimum Gasteiger partial charge on any atom is -0.477 e. The molecule has 1 atom stereocenters. The fourth-order valence-electron chi connectivity index (χ4n) is 5.15. The van der Waals surface area contributed by atoms with Gasteiger partial charge >= 0.3 is 5.69 Å². The van der Waals surface area contributed by atoms with Crippen LogP contribution in [0, 0.1) is 19.7 Å². The van der Waals surface area contributed by atoms with Crippen molar-refractivity contribution in [3.05, 3.63) is 116 Å². The largest absolute Gasteiger partial charge is 0.477 e. The molecule has 0 saturated carbocycles. The van der Waals surface area contributed by atoms with Crippen molar-refractivity contribution in [1.29, 1.82) is 0 Å². The highest BCUT2D eigenvalue weighted by Crippen LogP contribution is 2.46. The molecule has 180 valence electrons. The van der Waals surface area contributed by atoms with Crippen LogP contribution in [0.2, 0.25) is 0 Å². The van der Waals surface area contributed by atoms with Gasteiger partial charge in [0.2, 0.25) is 0 Å². The van der Waals surface area contributed by atoms with Gasteiger partial charge in [0, 0.05) is 19.7 Å². The molecule has 0 radical (unpaired) electrons. The third-order valence-corrected chi connectivity index (χ3v) is 6.93. The molecule has 1 aliphatic rings. The Bertz CT molecular complexity index is 1810. The second-order valence-electron chi connectivity index (χ2n) is 9.39. The number of hydrogen-bond acceptors (Lipinski definition) is 3. The van der Waals surface area contributed by atoms with Gasteiger partial charge in [-0.2, -0.15) is 0 Å². The first kappa shape index (κ1) is 22.1. The molecule has 0 saturated heterocycles. The van der Waals surface area contributed by atoms with Crippen LogP contribution in [0.4, 0.5) is 4.39 Å². The summed E-state index contributed by atoms with van der Waals surface area (Å²) in [6.07, 6.45) is -0.740. The third kappa shape index (κ3) is 3.09. The molecule has 6 nitrogen and oxygen atoms in total. The first-order chi connectivity index (χ1) is 17.3. The molecule has 0 bridgehead atoms. The minimum absolute atomic E-state index is 0.391. The van der Waals surface area contributed by atoms with Crippen LogP contribution in [0.25, 0.3) is 27.8 Å². The molecule has 5 aromatic rings. The zero-order valence-corrected chi connectivity index (χ0v) is 20.4. The predicted molar refractivity (Wildman–Crippen MR) is 138 cm³/mol. The van der Waals surface area contributed by atoms with Crippen LogP contribution in [0.1, 0.15) is 28.5 Å². The van der Waals surface area contributed by atoms with E-state index >= 15 is 0 Å². The van der Waals surface area contributed by atoms with Crippen molar-refractivity contribution in [3.63, 3.8) is 0 Å². The zero-order chi connectivity index (χ0) is 25.3. The number of aryl methyl sites for hydroxylation is 3. The molecule has 0 spiro atoms. The Hall–Kier alpha value is -4.39. The average Bonchev–Trinajstić information content (AvgIpc) is 3.23. The summed E-state index contributed by atoms with van der Waals surface area (Å²) >= 11 is 0. The van der Waals surface area contributed by atoms with E-state index in [0.717, 1.165) is 26.9 Å². The molecule has 2 aromatic heterocycles. The molecule has 0 aliphatic carbocycles. The Kier molecular flexibility index (Phi) is 4.80. The standard InChI is InChI=1S/C29H24FN3O3/c1-16-8-11-18(12-9-16)24-23-25(31(3)29(35)32(4)28(23)34)26-27(19-6-5-7-20(30)15-19)36-22-13-10-17(2)14-21(22)33(24)26/h5-15,27H,1-4H3/t27-/m1/s1. The highest BCUT2D eigenvalue weighted by molar-refractivity contribution is 5.98. The summed E-state index contributed by atoms with van der Waals surface area (Å²) in [6.45, 7) is 3.99. The molecule has 0 fully saturated rings. The first-order valence-electron chi connectivity index (χ1n) is 11.7. The van der Waals surface area contributed by atoms with Gasteiger partial charge in [-0.3, -0.25) is 13.9 Å². The van der Waals surface area contributed by atoms with Gasteiger partial charge in [-0.15, -0.1) is 0 Å². The molecule has 0 N–H and O–H groups in total. The first-order valence-corrected chi connectivity index (χ1v) is 11.7. The van der Waals surface area contributed by atoms with Crippen LogP contribution in [-0.2, 0) is 14.1 Å². The SMILES string of the molecule is Cc1ccc(-c2c3c(=O)n(C)c(=O)n(C)c3c3n2-c2cc(C)ccc2O[C@@H]3c2cccc(F)c2)cc1. The lowest BCUT2D eigenvalue weighted by Gasteiger charge is -2.30. The van der Waals surface area contributed by atoms with Gasteiger partial charge in [0.1, 0.15) is 11.6 Å². The lowest BCUT2D eigenvalue weighted by molar-refractivity contribution is 0.228. The summed E-state index contributed by atoms with van der Waals surface area (Å²) in [4.78, 5) is 26.8. The molecule has 3 heterocycles. The van der Waals surface area contributed by atoms with Gasteiger partial charge < -0.3 is 9.30 Å². The molecule has 36 heavy (non-hydrogen) atoms. The summed E-state index contributed by atoms with van der Waals surface area (Å²) in [5, 5.41) is 0.415. The van der Waals surface area contributed by atoms with Crippen molar-refractivity contribution in [1.82, 2.24) is 13.7 Å². The lowest BCUT2D eigenvalue weighted by atomic mass is 10.0. The molecule has 0 amide bonds. The van der Waals surface area contributed by atoms with Gasteiger partial charge in [0.15, 0.2) is 6.10 Å². The summed E-state index contributed by atoms with van der Waals surface area (Å²) in [5.41, 5.74) is 5.22. The Morgan fingerprint density at radius 1 is 0.861 bits per heavy atom. The average molecular weight is 482 g/mol. The van der Waals surface area contributed by atoms with Crippen LogP contribution < -0.4 is 16.0 Å². The van der Waals surface area contributed by atoms with E-state index in [1.807, 2.05) is 60.9 Å². The number of aromatic nitrogens is 3. The third-order valence-electron chi connectivity index (χ3n) is 6.93. The number of rotatable bonds is 2. The summed E-state index contributed by atoms with van der Waals surface area (Å²) < 4.78 is 25.5. The molecular weight excluding hydrogens is 457 g/mol. The highest BCUT2D eigenvalue weighted by Gasteiger charge is 2.36. The lowest BCUT2D eigenvalue weighted by Crippen LogP contribution is -2.37.